The Morgan fingerprint density at radius 3 is 2.40 bits per heavy atom. The van der Waals surface area contributed by atoms with E-state index in [1.54, 1.807) is 25.1 Å². The molecule has 0 aliphatic heterocycles. The number of rotatable bonds is 6. The van der Waals surface area contributed by atoms with Crippen LogP contribution in [0.25, 0.3) is 0 Å². The maximum atomic E-state index is 11.9. The van der Waals surface area contributed by atoms with Crippen LogP contribution in [0.2, 0.25) is 10.0 Å². The fourth-order valence-corrected chi connectivity index (χ4v) is 2.48. The zero-order valence-electron chi connectivity index (χ0n) is 11.9. The van der Waals surface area contributed by atoms with Crippen LogP contribution < -0.4 is 5.32 Å². The molecular formula is C14H20Cl2N2O2. The van der Waals surface area contributed by atoms with Crippen LogP contribution in [-0.2, 0) is 11.2 Å². The summed E-state index contributed by atoms with van der Waals surface area (Å²) in [7, 11) is 3.72. The van der Waals surface area contributed by atoms with Crippen LogP contribution in [0, 0.1) is 0 Å². The summed E-state index contributed by atoms with van der Waals surface area (Å²) in [6.07, 6.45) is 0.0938. The fraction of sp³-hybridized carbons (Fsp3) is 0.500. The van der Waals surface area contributed by atoms with E-state index in [0.717, 1.165) is 0 Å². The number of carbonyl (C=O) groups is 1. The maximum absolute atomic E-state index is 11.9. The van der Waals surface area contributed by atoms with Crippen molar-refractivity contribution in [2.24, 2.45) is 0 Å². The zero-order valence-corrected chi connectivity index (χ0v) is 13.4. The number of nitrogens with one attached hydrogen (secondary N) is 1. The third kappa shape index (κ3) is 5.67. The lowest BCUT2D eigenvalue weighted by Crippen LogP contribution is -2.47. The van der Waals surface area contributed by atoms with E-state index in [-0.39, 0.29) is 18.9 Å². The van der Waals surface area contributed by atoms with Gasteiger partial charge >= 0.3 is 0 Å². The summed E-state index contributed by atoms with van der Waals surface area (Å²) in [6, 6.07) is 5.12. The molecule has 0 fully saturated rings. The molecule has 0 radical (unpaired) electrons. The van der Waals surface area contributed by atoms with Gasteiger partial charge in [-0.05, 0) is 38.7 Å². The van der Waals surface area contributed by atoms with Crippen LogP contribution in [0.4, 0.5) is 0 Å². The molecule has 1 amide bonds. The van der Waals surface area contributed by atoms with Gasteiger partial charge in [0.05, 0.1) is 12.0 Å². The quantitative estimate of drug-likeness (QED) is 0.843. The van der Waals surface area contributed by atoms with Crippen molar-refractivity contribution in [1.82, 2.24) is 10.2 Å². The largest absolute Gasteiger partial charge is 0.387 e. The number of aliphatic hydroxyl groups is 1. The molecule has 0 bridgehead atoms. The van der Waals surface area contributed by atoms with Gasteiger partial charge in [-0.25, -0.2) is 0 Å². The molecule has 0 saturated carbocycles. The molecular weight excluding hydrogens is 299 g/mol. The SMILES string of the molecule is CN(C)CC(C)(O)CNC(=O)Cc1c(Cl)cccc1Cl. The van der Waals surface area contributed by atoms with Crippen LogP contribution in [0.1, 0.15) is 12.5 Å². The lowest BCUT2D eigenvalue weighted by molar-refractivity contribution is -0.121. The molecule has 0 saturated heterocycles. The van der Waals surface area contributed by atoms with Gasteiger partial charge < -0.3 is 15.3 Å². The second-order valence-electron chi connectivity index (χ2n) is 5.39. The summed E-state index contributed by atoms with van der Waals surface area (Å²) in [4.78, 5) is 13.8. The van der Waals surface area contributed by atoms with Crippen LogP contribution in [0.5, 0.6) is 0 Å². The van der Waals surface area contributed by atoms with Gasteiger partial charge in [-0.15, -0.1) is 0 Å². The van der Waals surface area contributed by atoms with Crippen molar-refractivity contribution in [3.63, 3.8) is 0 Å². The Labute approximate surface area is 129 Å². The normalized spacial score (nSPS) is 14.2. The van der Waals surface area contributed by atoms with Gasteiger partial charge in [0.1, 0.15) is 0 Å². The number of amides is 1. The van der Waals surface area contributed by atoms with Crippen LogP contribution in [-0.4, -0.2) is 48.7 Å². The minimum Gasteiger partial charge on any atom is -0.387 e. The van der Waals surface area contributed by atoms with Crippen molar-refractivity contribution >= 4 is 29.1 Å². The predicted octanol–water partition coefficient (Wildman–Crippen LogP) is 1.96. The second kappa shape index (κ2) is 7.27. The molecule has 0 heterocycles. The number of hydrogen-bond acceptors (Lipinski definition) is 3. The third-order valence-corrected chi connectivity index (χ3v) is 3.43. The highest BCUT2D eigenvalue weighted by Crippen LogP contribution is 2.24. The number of carbonyl (C=O) groups excluding carboxylic acids is 1. The summed E-state index contributed by atoms with van der Waals surface area (Å²) < 4.78 is 0. The number of hydrogen-bond donors (Lipinski definition) is 2. The molecule has 112 valence electrons. The molecule has 1 rings (SSSR count). The van der Waals surface area contributed by atoms with Crippen LogP contribution in [0.15, 0.2) is 18.2 Å². The smallest absolute Gasteiger partial charge is 0.224 e. The summed E-state index contributed by atoms with van der Waals surface area (Å²) in [5.41, 5.74) is -0.385. The summed E-state index contributed by atoms with van der Waals surface area (Å²) in [5, 5.41) is 13.7. The van der Waals surface area contributed by atoms with E-state index in [4.69, 9.17) is 23.2 Å². The second-order valence-corrected chi connectivity index (χ2v) is 6.20. The Bertz CT molecular complexity index is 456. The Balaban J connectivity index is 2.56. The summed E-state index contributed by atoms with van der Waals surface area (Å²) in [6.45, 7) is 2.31. The fourth-order valence-electron chi connectivity index (χ4n) is 1.95. The van der Waals surface area contributed by atoms with Gasteiger partial charge in [-0.1, -0.05) is 29.3 Å². The van der Waals surface area contributed by atoms with Crippen molar-refractivity contribution in [3.8, 4) is 0 Å². The number of likely N-dealkylation sites (N-methyl/N-ethyl adjacent to an activating group) is 1. The van der Waals surface area contributed by atoms with Gasteiger partial charge in [-0.3, -0.25) is 4.79 Å². The van der Waals surface area contributed by atoms with Crippen LogP contribution in [0.3, 0.4) is 0 Å². The molecule has 0 aliphatic carbocycles. The Hall–Kier alpha value is -0.810. The molecule has 2 N–H and O–H groups in total. The van der Waals surface area contributed by atoms with Crippen molar-refractivity contribution in [3.05, 3.63) is 33.8 Å². The first-order valence-electron chi connectivity index (χ1n) is 6.28. The minimum absolute atomic E-state index is 0.0938. The molecule has 0 aromatic heterocycles. The molecule has 20 heavy (non-hydrogen) atoms. The first-order chi connectivity index (χ1) is 9.21. The summed E-state index contributed by atoms with van der Waals surface area (Å²) >= 11 is 12.0. The lowest BCUT2D eigenvalue weighted by Gasteiger charge is -2.27. The van der Waals surface area contributed by atoms with Gasteiger partial charge in [0.15, 0.2) is 0 Å². The number of benzene rings is 1. The highest BCUT2D eigenvalue weighted by atomic mass is 35.5. The van der Waals surface area contributed by atoms with Crippen molar-refractivity contribution in [2.45, 2.75) is 18.9 Å². The Morgan fingerprint density at radius 2 is 1.90 bits per heavy atom. The van der Waals surface area contributed by atoms with E-state index in [0.29, 0.717) is 22.2 Å². The topological polar surface area (TPSA) is 52.6 Å². The van der Waals surface area contributed by atoms with E-state index in [1.165, 1.54) is 0 Å². The highest BCUT2D eigenvalue weighted by molar-refractivity contribution is 6.36. The molecule has 1 atom stereocenters. The molecule has 0 aliphatic rings. The first-order valence-corrected chi connectivity index (χ1v) is 7.03. The van der Waals surface area contributed by atoms with E-state index in [9.17, 15) is 9.90 Å². The van der Waals surface area contributed by atoms with Gasteiger partial charge in [0.2, 0.25) is 5.91 Å². The van der Waals surface area contributed by atoms with Crippen LogP contribution >= 0.6 is 23.2 Å². The summed E-state index contributed by atoms with van der Waals surface area (Å²) in [5.74, 6) is -0.223. The van der Waals surface area contributed by atoms with E-state index in [1.807, 2.05) is 19.0 Å². The highest BCUT2D eigenvalue weighted by Gasteiger charge is 2.22. The van der Waals surface area contributed by atoms with Crippen molar-refractivity contribution in [2.75, 3.05) is 27.2 Å². The van der Waals surface area contributed by atoms with E-state index >= 15 is 0 Å². The monoisotopic (exact) mass is 318 g/mol. The standard InChI is InChI=1S/C14H20Cl2N2O2/c1-14(20,9-18(2)3)8-17-13(19)7-10-11(15)5-4-6-12(10)16/h4-6,20H,7-9H2,1-3H3,(H,17,19). The Kier molecular flexibility index (Phi) is 6.27. The molecule has 1 aromatic rings. The van der Waals surface area contributed by atoms with Gasteiger partial charge in [0, 0.05) is 23.1 Å². The van der Waals surface area contributed by atoms with Crippen molar-refractivity contribution < 1.29 is 9.90 Å². The van der Waals surface area contributed by atoms with Gasteiger partial charge in [-0.2, -0.15) is 0 Å². The lowest BCUT2D eigenvalue weighted by atomic mass is 10.1. The number of nitrogens with zero attached hydrogens (tertiary/aromatic N) is 1. The predicted molar refractivity (Wildman–Crippen MR) is 82.4 cm³/mol. The molecule has 1 aromatic carbocycles. The van der Waals surface area contributed by atoms with Crippen molar-refractivity contribution in [1.29, 1.82) is 0 Å². The number of halogens is 2. The third-order valence-electron chi connectivity index (χ3n) is 2.72. The molecule has 1 unspecified atom stereocenters. The maximum Gasteiger partial charge on any atom is 0.224 e. The molecule has 6 heteroatoms. The first kappa shape index (κ1) is 17.2. The van der Waals surface area contributed by atoms with Gasteiger partial charge in [0.25, 0.3) is 0 Å². The van der Waals surface area contributed by atoms with E-state index in [2.05, 4.69) is 5.32 Å². The molecule has 4 nitrogen and oxygen atoms in total. The average Bonchev–Trinajstić information content (AvgIpc) is 2.30. The zero-order chi connectivity index (χ0) is 15.3. The van der Waals surface area contributed by atoms with E-state index < -0.39 is 5.60 Å². The molecule has 0 spiro atoms. The minimum atomic E-state index is -0.983. The Morgan fingerprint density at radius 1 is 1.35 bits per heavy atom. The average molecular weight is 319 g/mol.